The van der Waals surface area contributed by atoms with E-state index in [4.69, 9.17) is 23.7 Å². The molecule has 8 atom stereocenters. The van der Waals surface area contributed by atoms with Gasteiger partial charge in [-0.1, -0.05) is 105 Å². The molecule has 0 aromatic heterocycles. The van der Waals surface area contributed by atoms with Gasteiger partial charge in [0.2, 0.25) is 23.1 Å². The number of hydrogen-bond acceptors (Lipinski definition) is 12. The number of methoxy groups -OCH3 is 1. The van der Waals surface area contributed by atoms with Crippen LogP contribution in [0, 0.1) is 5.92 Å². The third-order valence-electron chi connectivity index (χ3n) is 10.2. The highest BCUT2D eigenvalue weighted by Crippen LogP contribution is 2.56. The molecule has 304 valence electrons. The molecule has 0 saturated carbocycles. The van der Waals surface area contributed by atoms with E-state index in [0.29, 0.717) is 19.3 Å². The van der Waals surface area contributed by atoms with Crippen LogP contribution >= 0.6 is 0 Å². The van der Waals surface area contributed by atoms with Crippen molar-refractivity contribution in [2.24, 2.45) is 5.92 Å². The number of fused-ring (bicyclic) bond motifs is 2. The maximum atomic E-state index is 13.2. The van der Waals surface area contributed by atoms with Crippen LogP contribution in [-0.2, 0) is 47.7 Å². The van der Waals surface area contributed by atoms with Crippen LogP contribution in [0.5, 0.6) is 0 Å². The summed E-state index contributed by atoms with van der Waals surface area (Å²) >= 11 is 0. The molecule has 0 spiro atoms. The molecule has 2 fully saturated rings. The number of carboxylic acids is 2. The monoisotopic (exact) mass is 780 g/mol. The second-order valence-corrected chi connectivity index (χ2v) is 14.2. The van der Waals surface area contributed by atoms with Crippen molar-refractivity contribution >= 4 is 42.0 Å². The second kappa shape index (κ2) is 19.8. The van der Waals surface area contributed by atoms with Crippen molar-refractivity contribution < 1.29 is 68.1 Å². The highest BCUT2D eigenvalue weighted by Gasteiger charge is 2.86. The molecule has 2 aromatic rings. The Hall–Kier alpha value is -4.89. The summed E-state index contributed by atoms with van der Waals surface area (Å²) in [7, 11) is 0.871. The average molecular weight is 781 g/mol. The molecule has 56 heavy (non-hydrogen) atoms. The van der Waals surface area contributed by atoms with E-state index in [1.54, 1.807) is 0 Å². The lowest BCUT2D eigenvalue weighted by molar-refractivity contribution is -0.374. The Bertz CT molecular complexity index is 1710. The molecule has 14 nitrogen and oxygen atoms in total. The first-order valence-electron chi connectivity index (χ1n) is 18.8. The van der Waals surface area contributed by atoms with Crippen molar-refractivity contribution in [1.82, 2.24) is 0 Å². The van der Waals surface area contributed by atoms with E-state index in [2.05, 4.69) is 6.08 Å². The van der Waals surface area contributed by atoms with Gasteiger partial charge in [-0.05, 0) is 55.6 Å². The van der Waals surface area contributed by atoms with Gasteiger partial charge < -0.3 is 44.1 Å². The van der Waals surface area contributed by atoms with Gasteiger partial charge in [-0.3, -0.25) is 9.59 Å². The zero-order chi connectivity index (χ0) is 40.9. The number of ether oxygens (including phenoxy) is 5. The van der Waals surface area contributed by atoms with Gasteiger partial charge in [0, 0.05) is 19.8 Å². The molecule has 0 aliphatic carbocycles. The van der Waals surface area contributed by atoms with Gasteiger partial charge in [0.05, 0.1) is 7.11 Å². The molecule has 2 aromatic carbocycles. The van der Waals surface area contributed by atoms with Crippen LogP contribution in [0.4, 0.5) is 0 Å². The van der Waals surface area contributed by atoms with Crippen molar-refractivity contribution in [3.8, 4) is 0 Å². The number of aliphatic hydroxyl groups excluding tert-OH is 1. The number of allylic oxidation sites excluding steroid dienone is 2. The molecule has 14 heteroatoms. The van der Waals surface area contributed by atoms with Crippen molar-refractivity contribution in [3.05, 3.63) is 83.9 Å². The quantitative estimate of drug-likeness (QED) is 0.0739. The number of aliphatic carboxylic acids is 2. The molecule has 2 bridgehead atoms. The van der Waals surface area contributed by atoms with E-state index in [1.807, 2.05) is 85.8 Å². The summed E-state index contributed by atoms with van der Waals surface area (Å²) in [6.07, 6.45) is 3.61. The van der Waals surface area contributed by atoms with Gasteiger partial charge in [-0.2, -0.15) is 0 Å². The van der Waals surface area contributed by atoms with Gasteiger partial charge in [-0.15, -0.1) is 0 Å². The SMILES string of the molecule is COC(=O)[C@@H]1O[C@]2(CCCC(OC(C)=O)C(C)C/C=C/c3ccccc3)O[C@](C(=O)O)([C@@H](OC(=O)CCCCCC/C=C/c3ccccc3)[C@@H]2O)[C@]1(O)C(=O)O. The Balaban J connectivity index is 1.49. The van der Waals surface area contributed by atoms with E-state index in [9.17, 15) is 44.4 Å². The first kappa shape index (κ1) is 43.8. The van der Waals surface area contributed by atoms with Gasteiger partial charge in [0.1, 0.15) is 12.2 Å². The number of carbonyl (C=O) groups is 5. The maximum Gasteiger partial charge on any atom is 0.344 e. The lowest BCUT2D eigenvalue weighted by atomic mass is 9.74. The average Bonchev–Trinajstić information content (AvgIpc) is 3.38. The summed E-state index contributed by atoms with van der Waals surface area (Å²) in [5, 5.41) is 44.3. The Morgan fingerprint density at radius 1 is 0.857 bits per heavy atom. The molecule has 4 N–H and O–H groups in total. The predicted molar refractivity (Wildman–Crippen MR) is 201 cm³/mol. The molecule has 2 saturated heterocycles. The molecule has 0 amide bonds. The van der Waals surface area contributed by atoms with E-state index < -0.39 is 77.7 Å². The number of benzene rings is 2. The third-order valence-corrected chi connectivity index (χ3v) is 10.2. The maximum absolute atomic E-state index is 13.2. The van der Waals surface area contributed by atoms with Crippen LogP contribution in [0.25, 0.3) is 12.2 Å². The fourth-order valence-electron chi connectivity index (χ4n) is 7.27. The molecule has 2 aliphatic rings. The highest BCUT2D eigenvalue weighted by molar-refractivity contribution is 5.98. The Morgan fingerprint density at radius 3 is 2.04 bits per heavy atom. The summed E-state index contributed by atoms with van der Waals surface area (Å²) in [5.41, 5.74) is -5.09. The highest BCUT2D eigenvalue weighted by atomic mass is 16.8. The summed E-state index contributed by atoms with van der Waals surface area (Å²) in [5.74, 6) is -10.1. The molecule has 4 rings (SSSR count). The Kier molecular flexibility index (Phi) is 15.5. The van der Waals surface area contributed by atoms with Crippen LogP contribution < -0.4 is 0 Å². The van der Waals surface area contributed by atoms with E-state index in [-0.39, 0.29) is 25.2 Å². The fraction of sp³-hybridized carbons (Fsp3) is 0.500. The molecule has 2 aliphatic heterocycles. The first-order chi connectivity index (χ1) is 26.7. The van der Waals surface area contributed by atoms with Gasteiger partial charge in [0.25, 0.3) is 0 Å². The van der Waals surface area contributed by atoms with Crippen molar-refractivity contribution in [2.75, 3.05) is 7.11 Å². The number of carbonyl (C=O) groups excluding carboxylic acids is 3. The minimum absolute atomic E-state index is 0.0119. The predicted octanol–water partition coefficient (Wildman–Crippen LogP) is 5.09. The number of esters is 3. The number of aliphatic hydroxyl groups is 2. The minimum Gasteiger partial charge on any atom is -0.479 e. The lowest BCUT2D eigenvalue weighted by Crippen LogP contribution is -2.78. The van der Waals surface area contributed by atoms with E-state index in [0.717, 1.165) is 37.5 Å². The molecule has 2 unspecified atom stereocenters. The fourth-order valence-corrected chi connectivity index (χ4v) is 7.27. The van der Waals surface area contributed by atoms with Crippen LogP contribution in [0.1, 0.15) is 89.2 Å². The topological polar surface area (TPSA) is 212 Å². The van der Waals surface area contributed by atoms with Crippen LogP contribution in [0.3, 0.4) is 0 Å². The summed E-state index contributed by atoms with van der Waals surface area (Å²) < 4.78 is 27.3. The normalized spacial score (nSPS) is 26.8. The van der Waals surface area contributed by atoms with Crippen molar-refractivity contribution in [1.29, 1.82) is 0 Å². The van der Waals surface area contributed by atoms with Crippen molar-refractivity contribution in [3.63, 3.8) is 0 Å². The van der Waals surface area contributed by atoms with Crippen molar-refractivity contribution in [2.45, 2.75) is 119 Å². The second-order valence-electron chi connectivity index (χ2n) is 14.2. The van der Waals surface area contributed by atoms with Gasteiger partial charge in [0.15, 0.2) is 6.10 Å². The summed E-state index contributed by atoms with van der Waals surface area (Å²) in [6.45, 7) is 3.12. The first-order valence-corrected chi connectivity index (χ1v) is 18.8. The summed E-state index contributed by atoms with van der Waals surface area (Å²) in [6, 6.07) is 19.4. The zero-order valence-corrected chi connectivity index (χ0v) is 31.9. The van der Waals surface area contributed by atoms with E-state index >= 15 is 0 Å². The molecular weight excluding hydrogens is 728 g/mol. The number of hydrogen-bond donors (Lipinski definition) is 4. The Labute approximate surface area is 326 Å². The van der Waals surface area contributed by atoms with Crippen LogP contribution in [0.15, 0.2) is 72.8 Å². The van der Waals surface area contributed by atoms with Gasteiger partial charge >= 0.3 is 29.8 Å². The standard InChI is InChI=1S/C42H52O14/c1-28(18-16-24-31-22-13-9-14-23-31)32(53-29(2)43)25-17-27-40-34(45)35(42(56-40,39(49)50)41(51,38(47)48)36(55-40)37(46)52-3)54-33(44)26-15-7-5-4-6-10-19-30-20-11-8-12-21-30/h8-14,16,19-24,28,32,34-36,45,51H,4-7,15,17-18,25-27H2,1-3H3,(H,47,48)(H,49,50)/b19-10+,24-16+/t28?,32?,34-,35-,36-,40+,41+,42-/m0/s1. The lowest BCUT2D eigenvalue weighted by Gasteiger charge is -2.49. The van der Waals surface area contributed by atoms with Crippen LogP contribution in [0.2, 0.25) is 0 Å². The van der Waals surface area contributed by atoms with E-state index in [1.165, 1.54) is 6.92 Å². The smallest absolute Gasteiger partial charge is 0.344 e. The number of carboxylic acid groups (broad SMARTS) is 2. The molecule has 0 radical (unpaired) electrons. The molecular formula is C42H52O14. The number of unbranched alkanes of at least 4 members (excludes halogenated alkanes) is 4. The largest absolute Gasteiger partial charge is 0.479 e. The number of rotatable bonds is 21. The summed E-state index contributed by atoms with van der Waals surface area (Å²) in [4.78, 5) is 64.1. The minimum atomic E-state index is -3.73. The third kappa shape index (κ3) is 9.91. The van der Waals surface area contributed by atoms with Gasteiger partial charge in [-0.25, -0.2) is 14.4 Å². The molecule has 2 heterocycles. The van der Waals surface area contributed by atoms with Crippen LogP contribution in [-0.4, -0.2) is 98.8 Å². The zero-order valence-electron chi connectivity index (χ0n) is 31.9. The Morgan fingerprint density at radius 2 is 1.46 bits per heavy atom.